The van der Waals surface area contributed by atoms with Gasteiger partial charge in [0, 0.05) is 11.3 Å². The van der Waals surface area contributed by atoms with Crippen LogP contribution in [0.25, 0.3) is 22.3 Å². The molecule has 0 aromatic heterocycles. The van der Waals surface area contributed by atoms with Crippen LogP contribution >= 0.6 is 0 Å². The van der Waals surface area contributed by atoms with Crippen LogP contribution in [0.15, 0.2) is 72.8 Å². The molecule has 3 aromatic carbocycles. The van der Waals surface area contributed by atoms with Gasteiger partial charge < -0.3 is 5.73 Å². The van der Waals surface area contributed by atoms with E-state index >= 15 is 0 Å². The van der Waals surface area contributed by atoms with Gasteiger partial charge in [0.25, 0.3) is 0 Å². The third-order valence-electron chi connectivity index (χ3n) is 4.20. The average molecular weight is 301 g/mol. The van der Waals surface area contributed by atoms with Gasteiger partial charge in [0.15, 0.2) is 0 Å². The Bertz CT molecular complexity index is 811. The maximum atomic E-state index is 6.35. The molecule has 0 bridgehead atoms. The first-order valence-electron chi connectivity index (χ1n) is 8.01. The summed E-state index contributed by atoms with van der Waals surface area (Å²) in [6, 6.07) is 25.3. The third kappa shape index (κ3) is 3.14. The molecule has 0 saturated heterocycles. The van der Waals surface area contributed by atoms with Crippen molar-refractivity contribution in [2.75, 3.05) is 5.73 Å². The van der Waals surface area contributed by atoms with Gasteiger partial charge in [-0.3, -0.25) is 0 Å². The van der Waals surface area contributed by atoms with E-state index in [4.69, 9.17) is 5.73 Å². The summed E-state index contributed by atoms with van der Waals surface area (Å²) in [5.74, 6) is 0. The van der Waals surface area contributed by atoms with Crippen molar-refractivity contribution in [1.82, 2.24) is 0 Å². The van der Waals surface area contributed by atoms with Crippen LogP contribution in [-0.4, -0.2) is 0 Å². The summed E-state index contributed by atoms with van der Waals surface area (Å²) in [5, 5.41) is 0. The van der Waals surface area contributed by atoms with E-state index < -0.39 is 0 Å². The number of rotatable bonds is 2. The maximum Gasteiger partial charge on any atom is 0.0400 e. The summed E-state index contributed by atoms with van der Waals surface area (Å²) in [6.07, 6.45) is 0. The fourth-order valence-corrected chi connectivity index (χ4v) is 2.89. The van der Waals surface area contributed by atoms with Gasteiger partial charge in [-0.15, -0.1) is 0 Å². The lowest BCUT2D eigenvalue weighted by atomic mass is 9.84. The molecule has 1 nitrogen and oxygen atoms in total. The van der Waals surface area contributed by atoms with Crippen molar-refractivity contribution in [2.24, 2.45) is 0 Å². The SMILES string of the molecule is CC(C)(C)c1cccc(-c2c(N)cccc2-c2ccccc2)c1. The Morgan fingerprint density at radius 3 is 2.04 bits per heavy atom. The predicted octanol–water partition coefficient (Wildman–Crippen LogP) is 5.90. The molecule has 0 aliphatic rings. The van der Waals surface area contributed by atoms with Crippen LogP contribution in [-0.2, 0) is 5.41 Å². The highest BCUT2D eigenvalue weighted by molar-refractivity contribution is 5.91. The largest absolute Gasteiger partial charge is 0.398 e. The zero-order valence-electron chi connectivity index (χ0n) is 14.0. The second-order valence-electron chi connectivity index (χ2n) is 6.97. The number of anilines is 1. The van der Waals surface area contributed by atoms with Gasteiger partial charge >= 0.3 is 0 Å². The first-order chi connectivity index (χ1) is 11.0. The van der Waals surface area contributed by atoms with Gasteiger partial charge in [0.05, 0.1) is 0 Å². The van der Waals surface area contributed by atoms with Gasteiger partial charge in [-0.2, -0.15) is 0 Å². The number of hydrogen-bond donors (Lipinski definition) is 1. The van der Waals surface area contributed by atoms with Crippen molar-refractivity contribution in [1.29, 1.82) is 0 Å². The lowest BCUT2D eigenvalue weighted by Gasteiger charge is -2.21. The van der Waals surface area contributed by atoms with Gasteiger partial charge in [0.2, 0.25) is 0 Å². The lowest BCUT2D eigenvalue weighted by Crippen LogP contribution is -2.10. The van der Waals surface area contributed by atoms with E-state index in [1.165, 1.54) is 22.3 Å². The van der Waals surface area contributed by atoms with Crippen LogP contribution in [0.2, 0.25) is 0 Å². The lowest BCUT2D eigenvalue weighted by molar-refractivity contribution is 0.590. The number of nitrogen functional groups attached to an aromatic ring is 1. The topological polar surface area (TPSA) is 26.0 Å². The van der Waals surface area contributed by atoms with Crippen LogP contribution in [0.5, 0.6) is 0 Å². The minimum absolute atomic E-state index is 0.118. The van der Waals surface area contributed by atoms with Crippen LogP contribution < -0.4 is 5.73 Å². The highest BCUT2D eigenvalue weighted by Gasteiger charge is 2.16. The summed E-state index contributed by atoms with van der Waals surface area (Å²) in [6.45, 7) is 6.70. The van der Waals surface area contributed by atoms with Gasteiger partial charge in [0.1, 0.15) is 0 Å². The minimum Gasteiger partial charge on any atom is -0.398 e. The zero-order valence-corrected chi connectivity index (χ0v) is 14.0. The molecule has 23 heavy (non-hydrogen) atoms. The number of nitrogens with two attached hydrogens (primary N) is 1. The molecule has 0 fully saturated rings. The summed E-state index contributed by atoms with van der Waals surface area (Å²) >= 11 is 0. The highest BCUT2D eigenvalue weighted by atomic mass is 14.6. The van der Waals surface area contributed by atoms with Crippen molar-refractivity contribution in [3.63, 3.8) is 0 Å². The maximum absolute atomic E-state index is 6.35. The molecule has 0 aliphatic heterocycles. The Kier molecular flexibility index (Phi) is 3.96. The molecule has 3 aromatic rings. The van der Waals surface area contributed by atoms with E-state index in [0.717, 1.165) is 11.3 Å². The fraction of sp³-hybridized carbons (Fsp3) is 0.182. The molecule has 0 heterocycles. The van der Waals surface area contributed by atoms with Crippen LogP contribution in [0.3, 0.4) is 0 Å². The van der Waals surface area contributed by atoms with Crippen molar-refractivity contribution in [2.45, 2.75) is 26.2 Å². The molecule has 0 saturated carbocycles. The van der Waals surface area contributed by atoms with Gasteiger partial charge in [-0.05, 0) is 33.7 Å². The van der Waals surface area contributed by atoms with Crippen molar-refractivity contribution in [3.8, 4) is 22.3 Å². The smallest absolute Gasteiger partial charge is 0.0400 e. The number of benzene rings is 3. The molecular weight excluding hydrogens is 278 g/mol. The van der Waals surface area contributed by atoms with E-state index in [1.807, 2.05) is 18.2 Å². The predicted molar refractivity (Wildman–Crippen MR) is 100 cm³/mol. The van der Waals surface area contributed by atoms with E-state index in [9.17, 15) is 0 Å². The molecule has 1 heteroatoms. The quantitative estimate of drug-likeness (QED) is 0.586. The summed E-state index contributed by atoms with van der Waals surface area (Å²) < 4.78 is 0. The summed E-state index contributed by atoms with van der Waals surface area (Å²) in [4.78, 5) is 0. The normalized spacial score (nSPS) is 11.4. The molecule has 116 valence electrons. The summed E-state index contributed by atoms with van der Waals surface area (Å²) in [7, 11) is 0. The first kappa shape index (κ1) is 15.4. The number of hydrogen-bond acceptors (Lipinski definition) is 1. The van der Waals surface area contributed by atoms with Crippen molar-refractivity contribution >= 4 is 5.69 Å². The van der Waals surface area contributed by atoms with E-state index in [-0.39, 0.29) is 5.41 Å². The Labute approximate surface area is 138 Å². The van der Waals surface area contributed by atoms with Crippen molar-refractivity contribution < 1.29 is 0 Å². The molecule has 2 N–H and O–H groups in total. The van der Waals surface area contributed by atoms with E-state index in [1.54, 1.807) is 0 Å². The molecule has 0 aliphatic carbocycles. The molecule has 0 spiro atoms. The Morgan fingerprint density at radius 2 is 1.35 bits per heavy atom. The highest BCUT2D eigenvalue weighted by Crippen LogP contribution is 2.37. The molecule has 0 atom stereocenters. The second-order valence-corrected chi connectivity index (χ2v) is 6.97. The standard InChI is InChI=1S/C22H23N/c1-22(2,3)18-12-7-11-17(15-18)21-19(13-8-14-20(21)23)16-9-5-4-6-10-16/h4-15H,23H2,1-3H3. The van der Waals surface area contributed by atoms with Gasteiger partial charge in [-0.1, -0.05) is 87.5 Å². The molecule has 0 amide bonds. The van der Waals surface area contributed by atoms with E-state index in [2.05, 4.69) is 75.4 Å². The molecular formula is C22H23N. The van der Waals surface area contributed by atoms with E-state index in [0.29, 0.717) is 0 Å². The van der Waals surface area contributed by atoms with Crippen molar-refractivity contribution in [3.05, 3.63) is 78.4 Å². The third-order valence-corrected chi connectivity index (χ3v) is 4.20. The minimum atomic E-state index is 0.118. The zero-order chi connectivity index (χ0) is 16.4. The second kappa shape index (κ2) is 5.92. The molecule has 0 unspecified atom stereocenters. The Hall–Kier alpha value is -2.54. The average Bonchev–Trinajstić information content (AvgIpc) is 2.55. The Morgan fingerprint density at radius 1 is 0.696 bits per heavy atom. The van der Waals surface area contributed by atoms with Crippen LogP contribution in [0, 0.1) is 0 Å². The Balaban J connectivity index is 2.21. The van der Waals surface area contributed by atoms with Crippen LogP contribution in [0.1, 0.15) is 26.3 Å². The summed E-state index contributed by atoms with van der Waals surface area (Å²) in [5.41, 5.74) is 13.3. The fourth-order valence-electron chi connectivity index (χ4n) is 2.89. The monoisotopic (exact) mass is 301 g/mol. The molecule has 0 radical (unpaired) electrons. The van der Waals surface area contributed by atoms with Gasteiger partial charge in [-0.25, -0.2) is 0 Å². The first-order valence-corrected chi connectivity index (χ1v) is 8.01. The van der Waals surface area contributed by atoms with Crippen LogP contribution in [0.4, 0.5) is 5.69 Å². The molecule has 3 rings (SSSR count).